The van der Waals surface area contributed by atoms with Gasteiger partial charge in [-0.3, -0.25) is 14.2 Å². The Bertz CT molecular complexity index is 1040. The summed E-state index contributed by atoms with van der Waals surface area (Å²) in [7, 11) is 1.49. The molecule has 0 radical (unpaired) electrons. The number of ether oxygens (including phenoxy) is 1. The van der Waals surface area contributed by atoms with E-state index in [1.54, 1.807) is 18.2 Å². The van der Waals surface area contributed by atoms with Gasteiger partial charge in [-0.25, -0.2) is 9.37 Å². The minimum atomic E-state index is -0.593. The first-order valence-corrected chi connectivity index (χ1v) is 7.86. The van der Waals surface area contributed by atoms with Crippen LogP contribution in [0.3, 0.4) is 0 Å². The van der Waals surface area contributed by atoms with Gasteiger partial charge in [0, 0.05) is 18.0 Å². The van der Waals surface area contributed by atoms with Crippen LogP contribution in [-0.2, 0) is 0 Å². The SMILES string of the molecule is COc1cccc(C(=O)Nc2nccn(-c3ccc(F)c(Cl)c3)c2=O)c1. The van der Waals surface area contributed by atoms with Crippen LogP contribution >= 0.6 is 11.6 Å². The largest absolute Gasteiger partial charge is 0.497 e. The molecule has 0 saturated heterocycles. The molecule has 1 aromatic heterocycles. The fraction of sp³-hybridized carbons (Fsp3) is 0.0556. The van der Waals surface area contributed by atoms with Crippen LogP contribution < -0.4 is 15.6 Å². The lowest BCUT2D eigenvalue weighted by Crippen LogP contribution is -2.26. The Hall–Kier alpha value is -3.19. The van der Waals surface area contributed by atoms with Crippen molar-refractivity contribution in [3.8, 4) is 11.4 Å². The number of methoxy groups -OCH3 is 1. The summed E-state index contributed by atoms with van der Waals surface area (Å²) in [6, 6.07) is 10.3. The molecule has 0 unspecified atom stereocenters. The van der Waals surface area contributed by atoms with Crippen LogP contribution in [0.4, 0.5) is 10.2 Å². The lowest BCUT2D eigenvalue weighted by atomic mass is 10.2. The molecule has 3 rings (SSSR count). The molecule has 0 atom stereocenters. The topological polar surface area (TPSA) is 73.2 Å². The van der Waals surface area contributed by atoms with Crippen LogP contribution in [-0.4, -0.2) is 22.6 Å². The van der Waals surface area contributed by atoms with E-state index < -0.39 is 17.3 Å². The molecule has 0 aliphatic carbocycles. The molecule has 1 amide bonds. The van der Waals surface area contributed by atoms with E-state index in [0.717, 1.165) is 6.07 Å². The molecular formula is C18H13ClFN3O3. The second-order valence-electron chi connectivity index (χ2n) is 5.24. The van der Waals surface area contributed by atoms with Gasteiger partial charge in [-0.2, -0.15) is 0 Å². The highest BCUT2D eigenvalue weighted by Crippen LogP contribution is 2.18. The molecule has 2 aromatic carbocycles. The van der Waals surface area contributed by atoms with Crippen molar-refractivity contribution in [1.82, 2.24) is 9.55 Å². The van der Waals surface area contributed by atoms with Gasteiger partial charge < -0.3 is 10.1 Å². The molecule has 132 valence electrons. The van der Waals surface area contributed by atoms with Gasteiger partial charge in [0.2, 0.25) is 0 Å². The van der Waals surface area contributed by atoms with E-state index in [0.29, 0.717) is 17.0 Å². The minimum Gasteiger partial charge on any atom is -0.497 e. The van der Waals surface area contributed by atoms with E-state index in [2.05, 4.69) is 10.3 Å². The number of rotatable bonds is 4. The Labute approximate surface area is 152 Å². The van der Waals surface area contributed by atoms with Gasteiger partial charge in [-0.05, 0) is 36.4 Å². The quantitative estimate of drug-likeness (QED) is 0.761. The van der Waals surface area contributed by atoms with Crippen molar-refractivity contribution < 1.29 is 13.9 Å². The summed E-state index contributed by atoms with van der Waals surface area (Å²) in [6.07, 6.45) is 2.74. The highest BCUT2D eigenvalue weighted by atomic mass is 35.5. The summed E-state index contributed by atoms with van der Waals surface area (Å²) in [5.41, 5.74) is 0.0814. The molecule has 0 spiro atoms. The summed E-state index contributed by atoms with van der Waals surface area (Å²) in [5.74, 6) is -0.759. The van der Waals surface area contributed by atoms with E-state index in [9.17, 15) is 14.0 Å². The average molecular weight is 374 g/mol. The molecule has 6 nitrogen and oxygen atoms in total. The van der Waals surface area contributed by atoms with Crippen LogP contribution in [0, 0.1) is 5.82 Å². The van der Waals surface area contributed by atoms with Gasteiger partial charge in [0.05, 0.1) is 17.8 Å². The number of nitrogens with zero attached hydrogens (tertiary/aromatic N) is 2. The normalized spacial score (nSPS) is 10.4. The molecule has 26 heavy (non-hydrogen) atoms. The first-order chi connectivity index (χ1) is 12.5. The zero-order valence-corrected chi connectivity index (χ0v) is 14.3. The third kappa shape index (κ3) is 3.57. The number of anilines is 1. The maximum atomic E-state index is 13.3. The van der Waals surface area contributed by atoms with Crippen LogP contribution in [0.5, 0.6) is 5.75 Å². The van der Waals surface area contributed by atoms with E-state index in [-0.39, 0.29) is 10.8 Å². The number of carbonyl (C=O) groups is 1. The highest BCUT2D eigenvalue weighted by Gasteiger charge is 2.13. The Morgan fingerprint density at radius 1 is 1.27 bits per heavy atom. The van der Waals surface area contributed by atoms with Crippen molar-refractivity contribution in [1.29, 1.82) is 0 Å². The second kappa shape index (κ2) is 7.37. The number of halogens is 2. The smallest absolute Gasteiger partial charge is 0.298 e. The third-order valence-electron chi connectivity index (χ3n) is 3.59. The van der Waals surface area contributed by atoms with Crippen molar-refractivity contribution in [2.45, 2.75) is 0 Å². The van der Waals surface area contributed by atoms with Crippen LogP contribution in [0.2, 0.25) is 5.02 Å². The predicted molar refractivity (Wildman–Crippen MR) is 95.7 cm³/mol. The molecule has 1 heterocycles. The van der Waals surface area contributed by atoms with Crippen LogP contribution in [0.25, 0.3) is 5.69 Å². The monoisotopic (exact) mass is 373 g/mol. The number of aromatic nitrogens is 2. The van der Waals surface area contributed by atoms with Gasteiger partial charge >= 0.3 is 0 Å². The summed E-state index contributed by atoms with van der Waals surface area (Å²) >= 11 is 5.76. The van der Waals surface area contributed by atoms with E-state index >= 15 is 0 Å². The Balaban J connectivity index is 1.93. The fourth-order valence-electron chi connectivity index (χ4n) is 2.28. The first kappa shape index (κ1) is 17.6. The van der Waals surface area contributed by atoms with Gasteiger partial charge in [0.15, 0.2) is 5.82 Å². The maximum Gasteiger partial charge on any atom is 0.298 e. The molecule has 0 fully saturated rings. The number of benzene rings is 2. The van der Waals surface area contributed by atoms with E-state index in [1.807, 2.05) is 0 Å². The molecule has 0 saturated carbocycles. The molecule has 1 N–H and O–H groups in total. The van der Waals surface area contributed by atoms with Crippen molar-refractivity contribution in [2.75, 3.05) is 12.4 Å². The lowest BCUT2D eigenvalue weighted by molar-refractivity contribution is 0.102. The zero-order chi connectivity index (χ0) is 18.7. The van der Waals surface area contributed by atoms with Crippen LogP contribution in [0.1, 0.15) is 10.4 Å². The molecule has 8 heteroatoms. The predicted octanol–water partition coefficient (Wildman–Crippen LogP) is 3.29. The van der Waals surface area contributed by atoms with E-state index in [4.69, 9.17) is 16.3 Å². The molecule has 0 bridgehead atoms. The second-order valence-corrected chi connectivity index (χ2v) is 5.64. The number of nitrogens with one attached hydrogen (secondary N) is 1. The molecule has 0 aliphatic rings. The summed E-state index contributed by atoms with van der Waals surface area (Å²) in [5, 5.41) is 2.35. The highest BCUT2D eigenvalue weighted by molar-refractivity contribution is 6.30. The summed E-state index contributed by atoms with van der Waals surface area (Å²) < 4.78 is 19.6. The summed E-state index contributed by atoms with van der Waals surface area (Å²) in [4.78, 5) is 28.8. The minimum absolute atomic E-state index is 0.117. The van der Waals surface area contributed by atoms with Gasteiger partial charge in [0.25, 0.3) is 11.5 Å². The summed E-state index contributed by atoms with van der Waals surface area (Å²) in [6.45, 7) is 0. The van der Waals surface area contributed by atoms with Crippen molar-refractivity contribution >= 4 is 23.3 Å². The Kier molecular flexibility index (Phi) is 4.99. The fourth-order valence-corrected chi connectivity index (χ4v) is 2.45. The van der Waals surface area contributed by atoms with Gasteiger partial charge in [0.1, 0.15) is 11.6 Å². The van der Waals surface area contributed by atoms with Crippen molar-refractivity contribution in [3.63, 3.8) is 0 Å². The number of carbonyl (C=O) groups excluding carboxylic acids is 1. The zero-order valence-electron chi connectivity index (χ0n) is 13.6. The Morgan fingerprint density at radius 2 is 2.08 bits per heavy atom. The molecule has 3 aromatic rings. The third-order valence-corrected chi connectivity index (χ3v) is 3.88. The number of hydrogen-bond donors (Lipinski definition) is 1. The van der Waals surface area contributed by atoms with Gasteiger partial charge in [-0.1, -0.05) is 17.7 Å². The first-order valence-electron chi connectivity index (χ1n) is 7.48. The average Bonchev–Trinajstić information content (AvgIpc) is 2.65. The van der Waals surface area contributed by atoms with Crippen molar-refractivity contribution in [3.05, 3.63) is 81.6 Å². The standard InChI is InChI=1S/C18H13ClFN3O3/c1-26-13-4-2-3-11(9-13)17(24)22-16-18(25)23(8-7-21-16)12-5-6-15(20)14(19)10-12/h2-10H,1H3,(H,21,22,24). The maximum absolute atomic E-state index is 13.3. The van der Waals surface area contributed by atoms with Gasteiger partial charge in [-0.15, -0.1) is 0 Å². The Morgan fingerprint density at radius 3 is 2.81 bits per heavy atom. The number of hydrogen-bond acceptors (Lipinski definition) is 4. The number of amides is 1. The lowest BCUT2D eigenvalue weighted by Gasteiger charge is -2.09. The van der Waals surface area contributed by atoms with Crippen LogP contribution in [0.15, 0.2) is 59.7 Å². The molecular weight excluding hydrogens is 361 g/mol. The van der Waals surface area contributed by atoms with Crippen molar-refractivity contribution in [2.24, 2.45) is 0 Å². The van der Waals surface area contributed by atoms with E-state index in [1.165, 1.54) is 42.3 Å². The molecule has 0 aliphatic heterocycles.